The molecule has 3 heterocycles. The number of hydrogen-bond donors (Lipinski definition) is 0. The molecule has 1 atom stereocenters. The van der Waals surface area contributed by atoms with Gasteiger partial charge in [-0.15, -0.1) is 0 Å². The summed E-state index contributed by atoms with van der Waals surface area (Å²) in [5.74, 6) is -0.901. The van der Waals surface area contributed by atoms with Gasteiger partial charge in [-0.1, -0.05) is 47.6 Å². The van der Waals surface area contributed by atoms with Crippen molar-refractivity contribution in [3.05, 3.63) is 81.9 Å². The topological polar surface area (TPSA) is 89.1 Å². The number of anilines is 1. The van der Waals surface area contributed by atoms with E-state index in [0.29, 0.717) is 25.3 Å². The smallest absolute Gasteiger partial charge is 0.201 e. The van der Waals surface area contributed by atoms with Gasteiger partial charge in [0.15, 0.2) is 17.4 Å². The molecule has 0 amide bonds. The van der Waals surface area contributed by atoms with Crippen LogP contribution in [-0.4, -0.2) is 54.0 Å². The Morgan fingerprint density at radius 1 is 1.18 bits per heavy atom. The van der Waals surface area contributed by atoms with Crippen molar-refractivity contribution >= 4 is 45.3 Å². The van der Waals surface area contributed by atoms with Crippen molar-refractivity contribution in [2.45, 2.75) is 25.8 Å². The molecule has 8 nitrogen and oxygen atoms in total. The van der Waals surface area contributed by atoms with Gasteiger partial charge in [0.2, 0.25) is 5.43 Å². The Bertz CT molecular complexity index is 1720. The lowest BCUT2D eigenvalue weighted by Crippen LogP contribution is -2.25. The van der Waals surface area contributed by atoms with E-state index in [9.17, 15) is 9.59 Å². The molecule has 198 valence electrons. The van der Waals surface area contributed by atoms with E-state index in [1.54, 1.807) is 6.20 Å². The number of Topliss-reactive ketones (excluding diaryl/α,β-unsaturated/α-hetero) is 1. The maximum Gasteiger partial charge on any atom is 0.201 e. The second-order valence-electron chi connectivity index (χ2n) is 10.1. The van der Waals surface area contributed by atoms with E-state index in [1.165, 1.54) is 20.1 Å². The molecule has 6 rings (SSSR count). The van der Waals surface area contributed by atoms with Crippen molar-refractivity contribution in [3.8, 4) is 0 Å². The number of ketones is 1. The molecule has 4 aromatic rings. The Hall–Kier alpha value is -4.40. The Balaban J connectivity index is 1.31. The summed E-state index contributed by atoms with van der Waals surface area (Å²) in [4.78, 5) is 41.3. The minimum Gasteiger partial charge on any atom is -0.399 e. The molecule has 1 saturated carbocycles. The molecule has 39 heavy (non-hydrogen) atoms. The van der Waals surface area contributed by atoms with Gasteiger partial charge < -0.3 is 14.3 Å². The third-order valence-corrected chi connectivity index (χ3v) is 7.41. The molecule has 0 radical (unpaired) electrons. The fourth-order valence-corrected chi connectivity index (χ4v) is 5.29. The fourth-order valence-electron chi connectivity index (χ4n) is 5.29. The molecule has 1 saturated heterocycles. The molecule has 2 aromatic carbocycles. The van der Waals surface area contributed by atoms with E-state index in [0.717, 1.165) is 34.9 Å². The lowest BCUT2D eigenvalue weighted by Gasteiger charge is -2.19. The quantitative estimate of drug-likeness (QED) is 0.197. The summed E-state index contributed by atoms with van der Waals surface area (Å²) in [6, 6.07) is 15.6. The summed E-state index contributed by atoms with van der Waals surface area (Å²) in [7, 11) is 1.49. The summed E-state index contributed by atoms with van der Waals surface area (Å²) in [6.45, 7) is 2.58. The van der Waals surface area contributed by atoms with E-state index in [4.69, 9.17) is 9.83 Å². The van der Waals surface area contributed by atoms with Crippen molar-refractivity contribution < 1.29 is 14.0 Å². The molecule has 2 aliphatic rings. The van der Waals surface area contributed by atoms with Crippen LogP contribution in [0.25, 0.3) is 21.8 Å². The maximum absolute atomic E-state index is 15.5. The molecule has 1 unspecified atom stereocenters. The van der Waals surface area contributed by atoms with Crippen molar-refractivity contribution in [2.75, 3.05) is 31.6 Å². The molecule has 9 heteroatoms. The monoisotopic (exact) mass is 525 g/mol. The van der Waals surface area contributed by atoms with Crippen LogP contribution in [0.1, 0.15) is 41.7 Å². The highest BCUT2D eigenvalue weighted by atomic mass is 19.1. The van der Waals surface area contributed by atoms with Gasteiger partial charge in [-0.25, -0.2) is 9.37 Å². The third kappa shape index (κ3) is 4.69. The van der Waals surface area contributed by atoms with Gasteiger partial charge in [-0.3, -0.25) is 14.6 Å². The number of aromatic nitrogens is 2. The zero-order valence-electron chi connectivity index (χ0n) is 21.8. The second kappa shape index (κ2) is 10.1. The highest BCUT2D eigenvalue weighted by Crippen LogP contribution is 2.37. The zero-order chi connectivity index (χ0) is 27.1. The van der Waals surface area contributed by atoms with E-state index in [-0.39, 0.29) is 34.5 Å². The van der Waals surface area contributed by atoms with Crippen LogP contribution >= 0.6 is 0 Å². The number of benzene rings is 2. The lowest BCUT2D eigenvalue weighted by atomic mass is 10.1. The van der Waals surface area contributed by atoms with Crippen LogP contribution in [-0.2, 0) is 4.84 Å². The third-order valence-electron chi connectivity index (χ3n) is 7.41. The Morgan fingerprint density at radius 2 is 1.97 bits per heavy atom. The number of fused-ring (bicyclic) bond motifs is 2. The van der Waals surface area contributed by atoms with Gasteiger partial charge >= 0.3 is 0 Å². The highest BCUT2D eigenvalue weighted by molar-refractivity contribution is 6.00. The summed E-state index contributed by atoms with van der Waals surface area (Å²) in [5, 5.41) is 6.60. The van der Waals surface area contributed by atoms with E-state index >= 15 is 4.39 Å². The SMILES string of the molecule is CO/N=C1\CN(c2nc3c(cc2F)c(=O)c(C(C)=O)cn3C2CC2)CC1CN=Cc1cccc2ccccc12. The number of pyridine rings is 2. The van der Waals surface area contributed by atoms with Crippen LogP contribution in [0.2, 0.25) is 0 Å². The number of rotatable bonds is 7. The molecule has 0 bridgehead atoms. The second-order valence-corrected chi connectivity index (χ2v) is 10.1. The molecule has 2 aromatic heterocycles. The average molecular weight is 526 g/mol. The number of nitrogens with zero attached hydrogens (tertiary/aromatic N) is 5. The number of oxime groups is 1. The number of hydrogen-bond acceptors (Lipinski definition) is 7. The predicted octanol–water partition coefficient (Wildman–Crippen LogP) is 4.78. The van der Waals surface area contributed by atoms with Crippen molar-refractivity contribution in [3.63, 3.8) is 0 Å². The van der Waals surface area contributed by atoms with Crippen LogP contribution in [0.5, 0.6) is 0 Å². The average Bonchev–Trinajstić information content (AvgIpc) is 3.70. The van der Waals surface area contributed by atoms with E-state index in [1.807, 2.05) is 39.9 Å². The first kappa shape index (κ1) is 24.9. The van der Waals surface area contributed by atoms with Crippen LogP contribution in [0.4, 0.5) is 10.2 Å². The van der Waals surface area contributed by atoms with Gasteiger partial charge in [-0.2, -0.15) is 0 Å². The highest BCUT2D eigenvalue weighted by Gasteiger charge is 2.33. The molecule has 1 aliphatic carbocycles. The minimum atomic E-state index is -0.612. The standard InChI is InChI=1S/C30H28FN5O3/c1-18(37)25-16-36(22-10-11-22)29-24(28(25)38)12-26(31)30(33-29)35-15-21(27(17-35)34-39-2)14-32-13-20-8-5-7-19-6-3-4-9-23(19)20/h3-9,12-13,16,21-22H,10-11,14-15,17H2,1-2H3/b32-13?,34-27+. The molecule has 1 aliphatic heterocycles. The van der Waals surface area contributed by atoms with Crippen LogP contribution < -0.4 is 10.3 Å². The van der Waals surface area contributed by atoms with E-state index in [2.05, 4.69) is 28.3 Å². The van der Waals surface area contributed by atoms with Gasteiger partial charge in [0, 0.05) is 43.0 Å². The minimum absolute atomic E-state index is 0.0585. The number of aliphatic imine (C=N–C) groups is 1. The van der Waals surface area contributed by atoms with Crippen LogP contribution in [0.15, 0.2) is 69.7 Å². The Morgan fingerprint density at radius 3 is 2.74 bits per heavy atom. The fraction of sp³-hybridized carbons (Fsp3) is 0.300. The largest absolute Gasteiger partial charge is 0.399 e. The predicted molar refractivity (Wildman–Crippen MR) is 151 cm³/mol. The van der Waals surface area contributed by atoms with Crippen LogP contribution in [0, 0.1) is 11.7 Å². The van der Waals surface area contributed by atoms with Crippen LogP contribution in [0.3, 0.4) is 0 Å². The molecule has 0 spiro atoms. The first-order valence-corrected chi connectivity index (χ1v) is 13.0. The molecule has 2 fully saturated rings. The summed E-state index contributed by atoms with van der Waals surface area (Å²) < 4.78 is 17.3. The number of carbonyl (C=O) groups excluding carboxylic acids is 1. The maximum atomic E-state index is 15.5. The Labute approximate surface area is 224 Å². The van der Waals surface area contributed by atoms with E-state index < -0.39 is 11.2 Å². The summed E-state index contributed by atoms with van der Waals surface area (Å²) >= 11 is 0. The first-order chi connectivity index (χ1) is 18.9. The van der Waals surface area contributed by atoms with Gasteiger partial charge in [0.25, 0.3) is 0 Å². The van der Waals surface area contributed by atoms with Gasteiger partial charge in [0.05, 0.1) is 23.2 Å². The normalized spacial score (nSPS) is 18.6. The van der Waals surface area contributed by atoms with Gasteiger partial charge in [0.1, 0.15) is 12.8 Å². The lowest BCUT2D eigenvalue weighted by molar-refractivity contribution is 0.101. The molecule has 0 N–H and O–H groups in total. The van der Waals surface area contributed by atoms with Crippen molar-refractivity contribution in [1.82, 2.24) is 9.55 Å². The summed E-state index contributed by atoms with van der Waals surface area (Å²) in [5.41, 5.74) is 1.74. The first-order valence-electron chi connectivity index (χ1n) is 13.0. The van der Waals surface area contributed by atoms with Crippen molar-refractivity contribution in [2.24, 2.45) is 16.1 Å². The summed E-state index contributed by atoms with van der Waals surface area (Å²) in [6.07, 6.45) is 5.29. The van der Waals surface area contributed by atoms with Gasteiger partial charge in [-0.05, 0) is 36.6 Å². The number of halogens is 1. The zero-order valence-corrected chi connectivity index (χ0v) is 21.8. The molecular formula is C30H28FN5O3. The molecular weight excluding hydrogens is 497 g/mol. The Kier molecular flexibility index (Phi) is 6.42. The number of carbonyl (C=O) groups is 1. The van der Waals surface area contributed by atoms with Crippen molar-refractivity contribution in [1.29, 1.82) is 0 Å².